The molecule has 0 saturated carbocycles. The zero-order valence-electron chi connectivity index (χ0n) is 12.7. The van der Waals surface area contributed by atoms with Crippen LogP contribution in [0.25, 0.3) is 0 Å². The van der Waals surface area contributed by atoms with E-state index in [9.17, 15) is 4.79 Å². The summed E-state index contributed by atoms with van der Waals surface area (Å²) in [7, 11) is 2.08. The Balaban J connectivity index is 1.61. The summed E-state index contributed by atoms with van der Waals surface area (Å²) in [5.74, 6) is 0.0466. The highest BCUT2D eigenvalue weighted by molar-refractivity contribution is 5.90. The number of likely N-dealkylation sites (N-methyl/N-ethyl adjacent to an activating group) is 1. The Morgan fingerprint density at radius 1 is 1.43 bits per heavy atom. The third-order valence-electron chi connectivity index (χ3n) is 3.68. The lowest BCUT2D eigenvalue weighted by Gasteiger charge is -2.20. The molecule has 1 saturated heterocycles. The van der Waals surface area contributed by atoms with Crippen molar-refractivity contribution in [3.63, 3.8) is 0 Å². The second-order valence-electron chi connectivity index (χ2n) is 5.67. The van der Waals surface area contributed by atoms with E-state index in [1.54, 1.807) is 12.1 Å². The van der Waals surface area contributed by atoms with Crippen LogP contribution in [0.2, 0.25) is 0 Å². The van der Waals surface area contributed by atoms with Crippen LogP contribution in [0.3, 0.4) is 0 Å². The summed E-state index contributed by atoms with van der Waals surface area (Å²) in [6, 6.07) is 7.20. The van der Waals surface area contributed by atoms with Gasteiger partial charge in [0, 0.05) is 30.9 Å². The molecule has 1 aliphatic rings. The SMILES string of the molecule is CN(CCCC(=O)Nc1ccc(N)cc1)CC1CCCO1. The molecule has 0 spiro atoms. The molecule has 0 aromatic heterocycles. The molecule has 2 rings (SSSR count). The molecule has 3 N–H and O–H groups in total. The lowest BCUT2D eigenvalue weighted by atomic mass is 10.2. The molecule has 5 heteroatoms. The molecule has 1 unspecified atom stereocenters. The minimum atomic E-state index is 0.0466. The molecule has 1 aromatic rings. The normalized spacial score (nSPS) is 18.1. The third-order valence-corrected chi connectivity index (χ3v) is 3.68. The van der Waals surface area contributed by atoms with Crippen molar-refractivity contribution in [1.29, 1.82) is 0 Å². The van der Waals surface area contributed by atoms with Crippen molar-refractivity contribution >= 4 is 17.3 Å². The van der Waals surface area contributed by atoms with Crippen molar-refractivity contribution in [1.82, 2.24) is 4.90 Å². The van der Waals surface area contributed by atoms with Gasteiger partial charge in [-0.15, -0.1) is 0 Å². The highest BCUT2D eigenvalue weighted by Gasteiger charge is 2.17. The molecule has 1 heterocycles. The lowest BCUT2D eigenvalue weighted by molar-refractivity contribution is -0.116. The second kappa shape index (κ2) is 8.00. The van der Waals surface area contributed by atoms with Crippen LogP contribution in [0.15, 0.2) is 24.3 Å². The van der Waals surface area contributed by atoms with Crippen LogP contribution in [0.5, 0.6) is 0 Å². The summed E-state index contributed by atoms with van der Waals surface area (Å²) in [4.78, 5) is 14.1. The first kappa shape index (κ1) is 15.8. The number of nitrogens with one attached hydrogen (secondary N) is 1. The van der Waals surface area contributed by atoms with Gasteiger partial charge in [-0.25, -0.2) is 0 Å². The van der Waals surface area contributed by atoms with E-state index >= 15 is 0 Å². The van der Waals surface area contributed by atoms with Gasteiger partial charge in [0.25, 0.3) is 0 Å². The Bertz CT molecular complexity index is 441. The number of carbonyl (C=O) groups excluding carboxylic acids is 1. The molecular weight excluding hydrogens is 266 g/mol. The zero-order chi connectivity index (χ0) is 15.1. The first-order chi connectivity index (χ1) is 10.1. The Hall–Kier alpha value is -1.59. The Morgan fingerprint density at radius 2 is 2.19 bits per heavy atom. The van der Waals surface area contributed by atoms with Crippen molar-refractivity contribution in [2.75, 3.05) is 37.8 Å². The van der Waals surface area contributed by atoms with E-state index < -0.39 is 0 Å². The predicted molar refractivity (Wildman–Crippen MR) is 85.2 cm³/mol. The first-order valence-electron chi connectivity index (χ1n) is 7.59. The lowest BCUT2D eigenvalue weighted by Crippen LogP contribution is -2.30. The smallest absolute Gasteiger partial charge is 0.224 e. The fraction of sp³-hybridized carbons (Fsp3) is 0.562. The van der Waals surface area contributed by atoms with Crippen LogP contribution in [-0.4, -0.2) is 43.7 Å². The number of benzene rings is 1. The number of rotatable bonds is 7. The van der Waals surface area contributed by atoms with Gasteiger partial charge in [-0.1, -0.05) is 0 Å². The Kier molecular flexibility index (Phi) is 6.02. The van der Waals surface area contributed by atoms with Crippen molar-refractivity contribution in [3.8, 4) is 0 Å². The van der Waals surface area contributed by atoms with Gasteiger partial charge in [0.15, 0.2) is 0 Å². The molecule has 1 fully saturated rings. The summed E-state index contributed by atoms with van der Waals surface area (Å²) in [6.45, 7) is 2.76. The standard InChI is InChI=1S/C16H25N3O2/c1-19(12-15-4-3-11-21-15)10-2-5-16(20)18-14-8-6-13(17)7-9-14/h6-9,15H,2-5,10-12,17H2,1H3,(H,18,20). The van der Waals surface area contributed by atoms with Gasteiger partial charge < -0.3 is 20.7 Å². The number of hydrogen-bond donors (Lipinski definition) is 2. The molecule has 1 amide bonds. The van der Waals surface area contributed by atoms with E-state index in [0.29, 0.717) is 18.2 Å². The van der Waals surface area contributed by atoms with E-state index in [1.807, 2.05) is 12.1 Å². The molecule has 116 valence electrons. The van der Waals surface area contributed by atoms with Gasteiger partial charge in [0.2, 0.25) is 5.91 Å². The average molecular weight is 291 g/mol. The summed E-state index contributed by atoms with van der Waals surface area (Å²) >= 11 is 0. The molecule has 1 atom stereocenters. The molecule has 0 bridgehead atoms. The molecule has 1 aromatic carbocycles. The van der Waals surface area contributed by atoms with Gasteiger partial charge >= 0.3 is 0 Å². The van der Waals surface area contributed by atoms with Gasteiger partial charge in [-0.05, 0) is 57.1 Å². The van der Waals surface area contributed by atoms with Crippen molar-refractivity contribution in [2.24, 2.45) is 0 Å². The van der Waals surface area contributed by atoms with E-state index in [1.165, 1.54) is 6.42 Å². The third kappa shape index (κ3) is 5.73. The van der Waals surface area contributed by atoms with Crippen LogP contribution in [0, 0.1) is 0 Å². The summed E-state index contributed by atoms with van der Waals surface area (Å²) < 4.78 is 5.61. The molecule has 1 aliphatic heterocycles. The number of hydrogen-bond acceptors (Lipinski definition) is 4. The molecular formula is C16H25N3O2. The van der Waals surface area contributed by atoms with Crippen molar-refractivity contribution in [2.45, 2.75) is 31.8 Å². The zero-order valence-corrected chi connectivity index (χ0v) is 12.7. The highest BCUT2D eigenvalue weighted by Crippen LogP contribution is 2.13. The van der Waals surface area contributed by atoms with Crippen LogP contribution in [0.1, 0.15) is 25.7 Å². The molecule has 5 nitrogen and oxygen atoms in total. The number of amides is 1. The number of nitrogen functional groups attached to an aromatic ring is 1. The number of nitrogens with two attached hydrogens (primary N) is 1. The maximum Gasteiger partial charge on any atom is 0.224 e. The number of carbonyl (C=O) groups is 1. The predicted octanol–water partition coefficient (Wildman–Crippen LogP) is 2.10. The van der Waals surface area contributed by atoms with Crippen molar-refractivity contribution < 1.29 is 9.53 Å². The van der Waals surface area contributed by atoms with Gasteiger partial charge in [0.1, 0.15) is 0 Å². The number of anilines is 2. The second-order valence-corrected chi connectivity index (χ2v) is 5.67. The first-order valence-corrected chi connectivity index (χ1v) is 7.59. The van der Waals surface area contributed by atoms with Gasteiger partial charge in [0.05, 0.1) is 6.10 Å². The minimum Gasteiger partial charge on any atom is -0.399 e. The molecule has 0 radical (unpaired) electrons. The van der Waals surface area contributed by atoms with E-state index in [0.717, 1.165) is 38.2 Å². The Morgan fingerprint density at radius 3 is 2.86 bits per heavy atom. The monoisotopic (exact) mass is 291 g/mol. The van der Waals surface area contributed by atoms with E-state index in [4.69, 9.17) is 10.5 Å². The largest absolute Gasteiger partial charge is 0.399 e. The van der Waals surface area contributed by atoms with Crippen LogP contribution >= 0.6 is 0 Å². The molecule has 0 aliphatic carbocycles. The maximum absolute atomic E-state index is 11.8. The number of ether oxygens (including phenoxy) is 1. The average Bonchev–Trinajstić information content (AvgIpc) is 2.94. The van der Waals surface area contributed by atoms with Gasteiger partial charge in [-0.3, -0.25) is 4.79 Å². The quantitative estimate of drug-likeness (QED) is 0.755. The summed E-state index contributed by atoms with van der Waals surface area (Å²) in [6.07, 6.45) is 4.08. The topological polar surface area (TPSA) is 67.6 Å². The fourth-order valence-electron chi connectivity index (χ4n) is 2.53. The minimum absolute atomic E-state index is 0.0466. The van der Waals surface area contributed by atoms with Crippen molar-refractivity contribution in [3.05, 3.63) is 24.3 Å². The fourth-order valence-corrected chi connectivity index (χ4v) is 2.53. The van der Waals surface area contributed by atoms with E-state index in [-0.39, 0.29) is 5.91 Å². The van der Waals surface area contributed by atoms with Crippen LogP contribution in [0.4, 0.5) is 11.4 Å². The van der Waals surface area contributed by atoms with Crippen LogP contribution < -0.4 is 11.1 Å². The number of nitrogens with zero attached hydrogens (tertiary/aromatic N) is 1. The maximum atomic E-state index is 11.8. The molecule has 21 heavy (non-hydrogen) atoms. The Labute approximate surface area is 126 Å². The van der Waals surface area contributed by atoms with Crippen LogP contribution in [-0.2, 0) is 9.53 Å². The highest BCUT2D eigenvalue weighted by atomic mass is 16.5. The summed E-state index contributed by atoms with van der Waals surface area (Å²) in [5, 5.41) is 2.88. The van der Waals surface area contributed by atoms with E-state index in [2.05, 4.69) is 17.3 Å². The van der Waals surface area contributed by atoms with Gasteiger partial charge in [-0.2, -0.15) is 0 Å². The summed E-state index contributed by atoms with van der Waals surface area (Å²) in [5.41, 5.74) is 7.10.